The van der Waals surface area contributed by atoms with Crippen molar-refractivity contribution in [3.63, 3.8) is 0 Å². The van der Waals surface area contributed by atoms with Crippen molar-refractivity contribution in [2.45, 2.75) is 6.61 Å². The van der Waals surface area contributed by atoms with Gasteiger partial charge in [0.05, 0.1) is 11.3 Å². The first-order chi connectivity index (χ1) is 9.24. The predicted octanol–water partition coefficient (Wildman–Crippen LogP) is 4.25. The van der Waals surface area contributed by atoms with Gasteiger partial charge in [0.2, 0.25) is 0 Å². The van der Waals surface area contributed by atoms with Crippen LogP contribution < -0.4 is 10.5 Å². The molecule has 4 heteroatoms. The number of fused-ring (bicyclic) bond motifs is 1. The second-order valence-electron chi connectivity index (χ2n) is 4.24. The number of furan rings is 1. The number of benzene rings is 2. The Balaban J connectivity index is 1.86. The lowest BCUT2D eigenvalue weighted by Gasteiger charge is -2.06. The number of halogens is 1. The summed E-state index contributed by atoms with van der Waals surface area (Å²) in [5, 5.41) is 1.56. The van der Waals surface area contributed by atoms with E-state index in [1.807, 2.05) is 36.4 Å². The van der Waals surface area contributed by atoms with Crippen LogP contribution in [0.25, 0.3) is 11.0 Å². The molecule has 0 aliphatic heterocycles. The van der Waals surface area contributed by atoms with Crippen LogP contribution in [0.1, 0.15) is 5.56 Å². The van der Waals surface area contributed by atoms with Crippen molar-refractivity contribution >= 4 is 28.3 Å². The standard InChI is InChI=1S/C15H12ClNO2/c16-13-3-1-2-4-15(13)19-9-10-8-18-14-6-5-11(17)7-12(10)14/h1-8H,9,17H2. The summed E-state index contributed by atoms with van der Waals surface area (Å²) in [6, 6.07) is 12.9. The molecular formula is C15H12ClNO2. The van der Waals surface area contributed by atoms with Gasteiger partial charge in [-0.25, -0.2) is 0 Å². The molecule has 19 heavy (non-hydrogen) atoms. The molecule has 1 aromatic heterocycles. The van der Waals surface area contributed by atoms with Gasteiger partial charge in [-0.15, -0.1) is 0 Å². The minimum atomic E-state index is 0.389. The maximum absolute atomic E-state index is 6.04. The third-order valence-corrected chi connectivity index (χ3v) is 3.21. The van der Waals surface area contributed by atoms with Gasteiger partial charge in [-0.05, 0) is 30.3 Å². The molecule has 0 radical (unpaired) electrons. The first-order valence-electron chi connectivity index (χ1n) is 5.87. The van der Waals surface area contributed by atoms with E-state index in [4.69, 9.17) is 26.5 Å². The highest BCUT2D eigenvalue weighted by atomic mass is 35.5. The van der Waals surface area contributed by atoms with Crippen molar-refractivity contribution in [2.75, 3.05) is 5.73 Å². The van der Waals surface area contributed by atoms with Crippen LogP contribution in [-0.2, 0) is 6.61 Å². The van der Waals surface area contributed by atoms with Crippen LogP contribution in [-0.4, -0.2) is 0 Å². The Morgan fingerprint density at radius 1 is 1.16 bits per heavy atom. The average Bonchev–Trinajstić information content (AvgIpc) is 2.80. The summed E-state index contributed by atoms with van der Waals surface area (Å²) in [7, 11) is 0. The lowest BCUT2D eigenvalue weighted by atomic mass is 10.1. The molecule has 3 nitrogen and oxygen atoms in total. The van der Waals surface area contributed by atoms with E-state index in [1.165, 1.54) is 0 Å². The molecule has 0 amide bonds. The summed E-state index contributed by atoms with van der Waals surface area (Å²) in [5.74, 6) is 0.655. The molecule has 0 spiro atoms. The van der Waals surface area contributed by atoms with Gasteiger partial charge >= 0.3 is 0 Å². The third kappa shape index (κ3) is 2.37. The Kier molecular flexibility index (Phi) is 3.05. The topological polar surface area (TPSA) is 48.4 Å². The molecule has 0 aliphatic rings. The first kappa shape index (κ1) is 11.9. The smallest absolute Gasteiger partial charge is 0.138 e. The van der Waals surface area contributed by atoms with Gasteiger partial charge in [-0.2, -0.15) is 0 Å². The number of anilines is 1. The summed E-state index contributed by atoms with van der Waals surface area (Å²) in [6.07, 6.45) is 1.68. The first-order valence-corrected chi connectivity index (χ1v) is 6.25. The van der Waals surface area contributed by atoms with E-state index in [1.54, 1.807) is 12.3 Å². The maximum Gasteiger partial charge on any atom is 0.138 e. The summed E-state index contributed by atoms with van der Waals surface area (Å²) >= 11 is 6.04. The van der Waals surface area contributed by atoms with Crippen LogP contribution in [0.3, 0.4) is 0 Å². The Labute approximate surface area is 115 Å². The van der Waals surface area contributed by atoms with E-state index >= 15 is 0 Å². The van der Waals surface area contributed by atoms with Crippen molar-refractivity contribution in [1.29, 1.82) is 0 Å². The SMILES string of the molecule is Nc1ccc2occ(COc3ccccc3Cl)c2c1. The van der Waals surface area contributed by atoms with E-state index in [-0.39, 0.29) is 0 Å². The Morgan fingerprint density at radius 2 is 2.00 bits per heavy atom. The number of nitrogen functional groups attached to an aromatic ring is 1. The highest BCUT2D eigenvalue weighted by molar-refractivity contribution is 6.32. The van der Waals surface area contributed by atoms with Gasteiger partial charge in [-0.1, -0.05) is 23.7 Å². The van der Waals surface area contributed by atoms with E-state index < -0.39 is 0 Å². The number of ether oxygens (including phenoxy) is 1. The number of nitrogens with two attached hydrogens (primary N) is 1. The van der Waals surface area contributed by atoms with Crippen LogP contribution in [0.4, 0.5) is 5.69 Å². The zero-order valence-corrected chi connectivity index (χ0v) is 10.9. The maximum atomic E-state index is 6.04. The minimum Gasteiger partial charge on any atom is -0.487 e. The molecule has 0 atom stereocenters. The summed E-state index contributed by atoms with van der Waals surface area (Å²) in [5.41, 5.74) is 8.23. The lowest BCUT2D eigenvalue weighted by Crippen LogP contribution is -1.95. The number of para-hydroxylation sites is 1. The Bertz CT molecular complexity index is 721. The van der Waals surface area contributed by atoms with Crippen LogP contribution in [0, 0.1) is 0 Å². The molecular weight excluding hydrogens is 262 g/mol. The normalized spacial score (nSPS) is 10.8. The second-order valence-corrected chi connectivity index (χ2v) is 4.64. The molecule has 0 unspecified atom stereocenters. The molecule has 96 valence electrons. The predicted molar refractivity (Wildman–Crippen MR) is 76.4 cm³/mol. The van der Waals surface area contributed by atoms with Gasteiger partial charge in [0.25, 0.3) is 0 Å². The fourth-order valence-electron chi connectivity index (χ4n) is 1.93. The van der Waals surface area contributed by atoms with Crippen LogP contribution in [0.15, 0.2) is 53.1 Å². The molecule has 3 rings (SSSR count). The minimum absolute atomic E-state index is 0.389. The molecule has 2 N–H and O–H groups in total. The van der Waals surface area contributed by atoms with Gasteiger partial charge in [0, 0.05) is 16.6 Å². The number of hydrogen-bond acceptors (Lipinski definition) is 3. The average molecular weight is 274 g/mol. The summed E-state index contributed by atoms with van der Waals surface area (Å²) < 4.78 is 11.2. The van der Waals surface area contributed by atoms with Crippen LogP contribution >= 0.6 is 11.6 Å². The zero-order valence-electron chi connectivity index (χ0n) is 10.1. The second kappa shape index (κ2) is 4.86. The van der Waals surface area contributed by atoms with E-state index in [2.05, 4.69) is 0 Å². The monoisotopic (exact) mass is 273 g/mol. The molecule has 0 saturated heterocycles. The molecule has 3 aromatic rings. The third-order valence-electron chi connectivity index (χ3n) is 2.90. The van der Waals surface area contributed by atoms with Crippen molar-refractivity contribution in [1.82, 2.24) is 0 Å². The van der Waals surface area contributed by atoms with E-state index in [0.29, 0.717) is 23.1 Å². The lowest BCUT2D eigenvalue weighted by molar-refractivity contribution is 0.306. The molecule has 0 saturated carbocycles. The molecule has 1 heterocycles. The zero-order chi connectivity index (χ0) is 13.2. The molecule has 2 aromatic carbocycles. The van der Waals surface area contributed by atoms with Crippen molar-refractivity contribution in [2.24, 2.45) is 0 Å². The quantitative estimate of drug-likeness (QED) is 0.726. The van der Waals surface area contributed by atoms with Crippen LogP contribution in [0.2, 0.25) is 5.02 Å². The molecule has 0 bridgehead atoms. The van der Waals surface area contributed by atoms with Crippen molar-refractivity contribution in [3.05, 3.63) is 59.3 Å². The highest BCUT2D eigenvalue weighted by Gasteiger charge is 2.08. The van der Waals surface area contributed by atoms with Crippen LogP contribution in [0.5, 0.6) is 5.75 Å². The van der Waals surface area contributed by atoms with E-state index in [9.17, 15) is 0 Å². The Hall–Kier alpha value is -2.13. The van der Waals surface area contributed by atoms with Gasteiger partial charge in [-0.3, -0.25) is 0 Å². The van der Waals surface area contributed by atoms with E-state index in [0.717, 1.165) is 16.5 Å². The van der Waals surface area contributed by atoms with Crippen molar-refractivity contribution < 1.29 is 9.15 Å². The highest BCUT2D eigenvalue weighted by Crippen LogP contribution is 2.27. The summed E-state index contributed by atoms with van der Waals surface area (Å²) in [4.78, 5) is 0. The molecule has 0 aliphatic carbocycles. The largest absolute Gasteiger partial charge is 0.487 e. The Morgan fingerprint density at radius 3 is 2.84 bits per heavy atom. The fourth-order valence-corrected chi connectivity index (χ4v) is 2.12. The van der Waals surface area contributed by atoms with Gasteiger partial charge in [0.15, 0.2) is 0 Å². The number of rotatable bonds is 3. The van der Waals surface area contributed by atoms with Gasteiger partial charge < -0.3 is 14.9 Å². The molecule has 0 fully saturated rings. The number of hydrogen-bond donors (Lipinski definition) is 1. The fraction of sp³-hybridized carbons (Fsp3) is 0.0667. The van der Waals surface area contributed by atoms with Crippen molar-refractivity contribution in [3.8, 4) is 5.75 Å². The van der Waals surface area contributed by atoms with Gasteiger partial charge in [0.1, 0.15) is 17.9 Å². The summed E-state index contributed by atoms with van der Waals surface area (Å²) in [6.45, 7) is 0.389.